The van der Waals surface area contributed by atoms with Crippen molar-refractivity contribution in [1.29, 1.82) is 0 Å². The summed E-state index contributed by atoms with van der Waals surface area (Å²) in [5, 5.41) is 0.735. The normalized spacial score (nSPS) is 15.6. The molecule has 1 aliphatic carbocycles. The predicted molar refractivity (Wildman–Crippen MR) is 72.4 cm³/mol. The minimum atomic E-state index is -2.97. The van der Waals surface area contributed by atoms with Crippen LogP contribution in [-0.2, 0) is 16.3 Å². The van der Waals surface area contributed by atoms with Crippen LogP contribution in [0, 0.1) is 0 Å². The molecule has 2 rings (SSSR count). The highest BCUT2D eigenvalue weighted by Crippen LogP contribution is 2.31. The minimum Gasteiger partial charge on any atom is -0.350 e. The summed E-state index contributed by atoms with van der Waals surface area (Å²) in [5.41, 5.74) is 0.590. The number of hydrogen-bond donors (Lipinski definition) is 0. The lowest BCUT2D eigenvalue weighted by Crippen LogP contribution is -2.24. The molecule has 100 valence electrons. The first-order valence-electron chi connectivity index (χ1n) is 5.78. The zero-order valence-electron chi connectivity index (χ0n) is 10.5. The van der Waals surface area contributed by atoms with Crippen molar-refractivity contribution in [3.05, 3.63) is 10.6 Å². The lowest BCUT2D eigenvalue weighted by atomic mass is 10.0. The van der Waals surface area contributed by atoms with Crippen LogP contribution in [0.4, 0.5) is 5.13 Å². The van der Waals surface area contributed by atoms with E-state index in [2.05, 4.69) is 4.98 Å². The summed E-state index contributed by atoms with van der Waals surface area (Å²) in [6.45, 7) is 0.402. The van der Waals surface area contributed by atoms with Crippen LogP contribution in [0.25, 0.3) is 0 Å². The first-order valence-corrected chi connectivity index (χ1v) is 8.66. The third kappa shape index (κ3) is 3.08. The molecule has 0 aromatic carbocycles. The minimum absolute atomic E-state index is 0.0989. The van der Waals surface area contributed by atoms with Crippen LogP contribution in [0.2, 0.25) is 0 Å². The molecule has 1 aromatic heterocycles. The van der Waals surface area contributed by atoms with Crippen LogP contribution in [0.5, 0.6) is 0 Å². The van der Waals surface area contributed by atoms with E-state index in [0.29, 0.717) is 18.7 Å². The molecule has 18 heavy (non-hydrogen) atoms. The molecule has 0 saturated heterocycles. The van der Waals surface area contributed by atoms with Crippen molar-refractivity contribution in [3.8, 4) is 0 Å². The molecule has 7 heteroatoms. The molecule has 0 saturated carbocycles. The number of rotatable bonds is 4. The van der Waals surface area contributed by atoms with Gasteiger partial charge in [-0.05, 0) is 12.8 Å². The van der Waals surface area contributed by atoms with E-state index >= 15 is 0 Å². The van der Waals surface area contributed by atoms with Gasteiger partial charge in [-0.1, -0.05) is 0 Å². The topological polar surface area (TPSA) is 67.3 Å². The lowest BCUT2D eigenvalue weighted by molar-refractivity contribution is 0.0968. The summed E-state index contributed by atoms with van der Waals surface area (Å²) >= 11 is 1.50. The number of carbonyl (C=O) groups is 1. The summed E-state index contributed by atoms with van der Waals surface area (Å²) in [5.74, 6) is 0.206. The van der Waals surface area contributed by atoms with Crippen LogP contribution >= 0.6 is 11.3 Å². The molecule has 0 bridgehead atoms. The molecular formula is C11H16N2O3S2. The van der Waals surface area contributed by atoms with Gasteiger partial charge in [-0.3, -0.25) is 4.79 Å². The van der Waals surface area contributed by atoms with E-state index in [1.807, 2.05) is 0 Å². The standard InChI is InChI=1S/C11H16N2O3S2/c1-13(6-7-18(2,15)16)11-12-10-8(14)4-3-5-9(10)17-11/h3-7H2,1-2H3. The smallest absolute Gasteiger partial charge is 0.186 e. The number of aryl methyl sites for hydroxylation is 1. The summed E-state index contributed by atoms with van der Waals surface area (Å²) in [6.07, 6.45) is 3.58. The first-order chi connectivity index (χ1) is 8.37. The molecule has 0 fully saturated rings. The highest BCUT2D eigenvalue weighted by Gasteiger charge is 2.23. The number of anilines is 1. The highest BCUT2D eigenvalue weighted by atomic mass is 32.2. The fraction of sp³-hybridized carbons (Fsp3) is 0.636. The van der Waals surface area contributed by atoms with Gasteiger partial charge in [-0.2, -0.15) is 0 Å². The number of Topliss-reactive ketones (excluding diaryl/α,β-unsaturated/α-hetero) is 1. The molecule has 0 N–H and O–H groups in total. The molecule has 5 nitrogen and oxygen atoms in total. The van der Waals surface area contributed by atoms with Gasteiger partial charge >= 0.3 is 0 Å². The van der Waals surface area contributed by atoms with Crippen molar-refractivity contribution in [2.24, 2.45) is 0 Å². The van der Waals surface area contributed by atoms with E-state index in [4.69, 9.17) is 0 Å². The molecule has 0 radical (unpaired) electrons. The number of sulfone groups is 1. The van der Waals surface area contributed by atoms with Crippen molar-refractivity contribution >= 4 is 32.1 Å². The molecule has 0 aliphatic heterocycles. The third-order valence-electron chi connectivity index (χ3n) is 2.88. The SMILES string of the molecule is CN(CCS(C)(=O)=O)c1nc2c(s1)CCCC2=O. The van der Waals surface area contributed by atoms with Crippen molar-refractivity contribution < 1.29 is 13.2 Å². The summed E-state index contributed by atoms with van der Waals surface area (Å²) in [7, 11) is -1.17. The number of aromatic nitrogens is 1. The van der Waals surface area contributed by atoms with Gasteiger partial charge in [-0.15, -0.1) is 11.3 Å². The van der Waals surface area contributed by atoms with E-state index in [0.717, 1.165) is 22.9 Å². The van der Waals surface area contributed by atoms with Gasteiger partial charge in [0.25, 0.3) is 0 Å². The van der Waals surface area contributed by atoms with Crippen LogP contribution in [-0.4, -0.2) is 44.8 Å². The second-order valence-corrected chi connectivity index (χ2v) is 7.92. The molecule has 0 spiro atoms. The van der Waals surface area contributed by atoms with Crippen LogP contribution in [0.1, 0.15) is 28.2 Å². The van der Waals surface area contributed by atoms with Crippen LogP contribution in [0.15, 0.2) is 0 Å². The van der Waals surface area contributed by atoms with E-state index in [1.165, 1.54) is 17.6 Å². The van der Waals surface area contributed by atoms with Gasteiger partial charge in [0.1, 0.15) is 15.5 Å². The Morgan fingerprint density at radius 1 is 1.39 bits per heavy atom. The number of hydrogen-bond acceptors (Lipinski definition) is 6. The van der Waals surface area contributed by atoms with E-state index in [-0.39, 0.29) is 11.5 Å². The van der Waals surface area contributed by atoms with Gasteiger partial charge < -0.3 is 4.90 Å². The Balaban J connectivity index is 2.12. The first kappa shape index (κ1) is 13.5. The molecule has 1 aromatic rings. The Bertz CT molecular complexity index is 563. The maximum atomic E-state index is 11.7. The molecule has 1 heterocycles. The molecule has 1 aliphatic rings. The average Bonchev–Trinajstić information content (AvgIpc) is 2.70. The Kier molecular flexibility index (Phi) is 3.72. The van der Waals surface area contributed by atoms with Gasteiger partial charge in [0.2, 0.25) is 0 Å². The predicted octanol–water partition coefficient (Wildman–Crippen LogP) is 1.14. The zero-order valence-corrected chi connectivity index (χ0v) is 12.1. The number of thiazole rings is 1. The third-order valence-corrected chi connectivity index (χ3v) is 5.04. The fourth-order valence-corrected chi connectivity index (χ4v) is 3.53. The zero-order chi connectivity index (χ0) is 13.3. The van der Waals surface area contributed by atoms with E-state index < -0.39 is 9.84 Å². The van der Waals surface area contributed by atoms with Gasteiger partial charge in [-0.25, -0.2) is 13.4 Å². The summed E-state index contributed by atoms with van der Waals surface area (Å²) in [4.78, 5) is 18.8. The number of fused-ring (bicyclic) bond motifs is 1. The van der Waals surface area contributed by atoms with E-state index in [9.17, 15) is 13.2 Å². The largest absolute Gasteiger partial charge is 0.350 e. The van der Waals surface area contributed by atoms with Crippen LogP contribution in [0.3, 0.4) is 0 Å². The van der Waals surface area contributed by atoms with Crippen molar-refractivity contribution in [2.75, 3.05) is 30.5 Å². The quantitative estimate of drug-likeness (QED) is 0.831. The maximum Gasteiger partial charge on any atom is 0.186 e. The summed E-state index contributed by atoms with van der Waals surface area (Å²) in [6, 6.07) is 0. The van der Waals surface area contributed by atoms with Gasteiger partial charge in [0.15, 0.2) is 10.9 Å². The molecule has 0 amide bonds. The van der Waals surface area contributed by atoms with Crippen molar-refractivity contribution in [2.45, 2.75) is 19.3 Å². The van der Waals surface area contributed by atoms with Gasteiger partial charge in [0, 0.05) is 31.1 Å². The van der Waals surface area contributed by atoms with E-state index in [1.54, 1.807) is 11.9 Å². The highest BCUT2D eigenvalue weighted by molar-refractivity contribution is 7.90. The number of carbonyl (C=O) groups excluding carboxylic acids is 1. The average molecular weight is 288 g/mol. The monoisotopic (exact) mass is 288 g/mol. The Morgan fingerprint density at radius 3 is 2.72 bits per heavy atom. The Labute approximate surface area is 111 Å². The Hall–Kier alpha value is -0.950. The summed E-state index contributed by atoms with van der Waals surface area (Å²) < 4.78 is 22.2. The molecular weight excluding hydrogens is 272 g/mol. The Morgan fingerprint density at radius 2 is 2.11 bits per heavy atom. The number of ketones is 1. The lowest BCUT2D eigenvalue weighted by Gasteiger charge is -2.14. The van der Waals surface area contributed by atoms with Crippen LogP contribution < -0.4 is 4.90 Å². The second-order valence-electron chi connectivity index (χ2n) is 4.60. The molecule has 0 unspecified atom stereocenters. The number of nitrogens with zero attached hydrogens (tertiary/aromatic N) is 2. The van der Waals surface area contributed by atoms with Crippen molar-refractivity contribution in [3.63, 3.8) is 0 Å². The molecule has 0 atom stereocenters. The van der Waals surface area contributed by atoms with Crippen molar-refractivity contribution in [1.82, 2.24) is 4.98 Å². The fourth-order valence-electron chi connectivity index (χ4n) is 1.82. The maximum absolute atomic E-state index is 11.7. The van der Waals surface area contributed by atoms with Gasteiger partial charge in [0.05, 0.1) is 5.75 Å². The second kappa shape index (κ2) is 4.97.